The number of carbonyl (C=O) groups excluding carboxylic acids is 1. The van der Waals surface area contributed by atoms with Crippen LogP contribution in [-0.2, 0) is 4.79 Å². The minimum absolute atomic E-state index is 0.133. The second-order valence-corrected chi connectivity index (χ2v) is 10.4. The van der Waals surface area contributed by atoms with Crippen molar-refractivity contribution in [2.45, 2.75) is 44.1 Å². The van der Waals surface area contributed by atoms with Gasteiger partial charge in [0.15, 0.2) is 0 Å². The van der Waals surface area contributed by atoms with Gasteiger partial charge < -0.3 is 25.4 Å². The highest BCUT2D eigenvalue weighted by Crippen LogP contribution is 2.56. The first kappa shape index (κ1) is 22.2. The number of amides is 1. The first-order chi connectivity index (χ1) is 16.0. The highest BCUT2D eigenvalue weighted by Gasteiger charge is 2.51. The third kappa shape index (κ3) is 4.58. The maximum absolute atomic E-state index is 12.7. The standard InChI is InChI=1S/C26H32ClN3O3/c1-32-23-11-22(24(33-2)10-19(23)27)29-25(31)15-28-20-5-3-4-6-21(20)30-26-12-16-7-17(13-26)9-18(8-16)14-26/h3-6,10-11,16-18,28,30H,7-9,12-15H2,1-2H3,(H,29,31). The van der Waals surface area contributed by atoms with Crippen molar-refractivity contribution in [3.8, 4) is 11.5 Å². The van der Waals surface area contributed by atoms with Crippen LogP contribution in [0.15, 0.2) is 36.4 Å². The molecule has 0 heterocycles. The zero-order chi connectivity index (χ0) is 23.0. The zero-order valence-corrected chi connectivity index (χ0v) is 20.0. The topological polar surface area (TPSA) is 71.6 Å². The SMILES string of the molecule is COc1cc(NC(=O)CNc2ccccc2NC23CC4CC(CC(C4)C2)C3)c(OC)cc1Cl. The molecule has 4 fully saturated rings. The van der Waals surface area contributed by atoms with Crippen LogP contribution in [0.5, 0.6) is 11.5 Å². The van der Waals surface area contributed by atoms with Crippen molar-refractivity contribution < 1.29 is 14.3 Å². The fourth-order valence-corrected chi connectivity index (χ4v) is 6.85. The maximum atomic E-state index is 12.7. The Morgan fingerprint density at radius 3 is 2.15 bits per heavy atom. The molecule has 33 heavy (non-hydrogen) atoms. The number of halogens is 1. The lowest BCUT2D eigenvalue weighted by molar-refractivity contribution is -0.114. The molecule has 0 spiro atoms. The van der Waals surface area contributed by atoms with Crippen molar-refractivity contribution in [1.29, 1.82) is 0 Å². The van der Waals surface area contributed by atoms with E-state index in [0.29, 0.717) is 22.2 Å². The van der Waals surface area contributed by atoms with Gasteiger partial charge in [0, 0.05) is 17.7 Å². The number of anilines is 3. The van der Waals surface area contributed by atoms with Crippen LogP contribution >= 0.6 is 11.6 Å². The molecular formula is C26H32ClN3O3. The number of hydrogen-bond acceptors (Lipinski definition) is 5. The Kier molecular flexibility index (Phi) is 6.04. The fourth-order valence-electron chi connectivity index (χ4n) is 6.62. The van der Waals surface area contributed by atoms with E-state index >= 15 is 0 Å². The molecule has 0 unspecified atom stereocenters. The lowest BCUT2D eigenvalue weighted by Gasteiger charge is -2.57. The van der Waals surface area contributed by atoms with Gasteiger partial charge in [-0.15, -0.1) is 0 Å². The average molecular weight is 470 g/mol. The molecule has 0 saturated heterocycles. The summed E-state index contributed by atoms with van der Waals surface area (Å²) in [5.41, 5.74) is 2.76. The Morgan fingerprint density at radius 1 is 0.939 bits per heavy atom. The Morgan fingerprint density at radius 2 is 1.55 bits per heavy atom. The van der Waals surface area contributed by atoms with Crippen LogP contribution < -0.4 is 25.4 Å². The number of hydrogen-bond donors (Lipinski definition) is 3. The summed E-state index contributed by atoms with van der Waals surface area (Å²) in [5.74, 6) is 3.41. The van der Waals surface area contributed by atoms with E-state index in [9.17, 15) is 4.79 Å². The van der Waals surface area contributed by atoms with Gasteiger partial charge in [-0.1, -0.05) is 23.7 Å². The van der Waals surface area contributed by atoms with Gasteiger partial charge >= 0.3 is 0 Å². The van der Waals surface area contributed by atoms with Gasteiger partial charge in [0.2, 0.25) is 5.91 Å². The quantitative estimate of drug-likeness (QED) is 0.456. The molecule has 2 aromatic carbocycles. The molecular weight excluding hydrogens is 438 g/mol. The summed E-state index contributed by atoms with van der Waals surface area (Å²) in [7, 11) is 3.08. The number of carbonyl (C=O) groups is 1. The number of benzene rings is 2. The molecule has 0 aliphatic heterocycles. The van der Waals surface area contributed by atoms with Crippen molar-refractivity contribution in [3.05, 3.63) is 41.4 Å². The normalized spacial score (nSPS) is 27.2. The molecule has 4 bridgehead atoms. The van der Waals surface area contributed by atoms with Gasteiger partial charge in [-0.3, -0.25) is 4.79 Å². The van der Waals surface area contributed by atoms with E-state index in [2.05, 4.69) is 28.1 Å². The summed E-state index contributed by atoms with van der Waals surface area (Å²) in [6.07, 6.45) is 8.06. The number of para-hydroxylation sites is 2. The van der Waals surface area contributed by atoms with Crippen molar-refractivity contribution in [1.82, 2.24) is 0 Å². The number of ether oxygens (including phenoxy) is 2. The van der Waals surface area contributed by atoms with Gasteiger partial charge in [0.05, 0.1) is 42.8 Å². The van der Waals surface area contributed by atoms with Gasteiger partial charge in [0.25, 0.3) is 0 Å². The van der Waals surface area contributed by atoms with E-state index in [1.54, 1.807) is 19.2 Å². The first-order valence-corrected chi connectivity index (χ1v) is 12.2. The zero-order valence-electron chi connectivity index (χ0n) is 19.2. The predicted octanol–water partition coefficient (Wildman–Crippen LogP) is 5.79. The molecule has 4 aliphatic rings. The summed E-state index contributed by atoms with van der Waals surface area (Å²) in [4.78, 5) is 12.7. The molecule has 6 nitrogen and oxygen atoms in total. The average Bonchev–Trinajstić information content (AvgIpc) is 2.78. The van der Waals surface area contributed by atoms with Crippen molar-refractivity contribution in [2.24, 2.45) is 17.8 Å². The van der Waals surface area contributed by atoms with E-state index in [1.165, 1.54) is 45.6 Å². The molecule has 2 aromatic rings. The largest absolute Gasteiger partial charge is 0.495 e. The molecule has 3 N–H and O–H groups in total. The first-order valence-electron chi connectivity index (χ1n) is 11.8. The molecule has 4 aliphatic carbocycles. The summed E-state index contributed by atoms with van der Waals surface area (Å²) < 4.78 is 10.6. The third-order valence-electron chi connectivity index (χ3n) is 7.55. The van der Waals surface area contributed by atoms with E-state index < -0.39 is 0 Å². The monoisotopic (exact) mass is 469 g/mol. The van der Waals surface area contributed by atoms with Crippen molar-refractivity contribution in [2.75, 3.05) is 36.7 Å². The maximum Gasteiger partial charge on any atom is 0.243 e. The van der Waals surface area contributed by atoms with Crippen LogP contribution in [0, 0.1) is 17.8 Å². The van der Waals surface area contributed by atoms with Crippen LogP contribution in [0.1, 0.15) is 38.5 Å². The number of rotatable bonds is 8. The Balaban J connectivity index is 1.26. The number of methoxy groups -OCH3 is 2. The summed E-state index contributed by atoms with van der Waals surface area (Å²) in [6, 6.07) is 11.5. The van der Waals surface area contributed by atoms with Gasteiger partial charge in [-0.2, -0.15) is 0 Å². The molecule has 1 amide bonds. The summed E-state index contributed by atoms with van der Waals surface area (Å²) in [6.45, 7) is 0.133. The van der Waals surface area contributed by atoms with Crippen LogP contribution in [0.3, 0.4) is 0 Å². The lowest BCUT2D eigenvalue weighted by atomic mass is 9.53. The summed E-state index contributed by atoms with van der Waals surface area (Å²) >= 11 is 6.17. The lowest BCUT2D eigenvalue weighted by Crippen LogP contribution is -2.54. The highest BCUT2D eigenvalue weighted by atomic mass is 35.5. The fraction of sp³-hybridized carbons (Fsp3) is 0.500. The van der Waals surface area contributed by atoms with Crippen LogP contribution in [0.25, 0.3) is 0 Å². The van der Waals surface area contributed by atoms with Crippen molar-refractivity contribution >= 4 is 34.6 Å². The molecule has 7 heteroatoms. The van der Waals surface area contributed by atoms with Gasteiger partial charge in [-0.05, 0) is 68.4 Å². The predicted molar refractivity (Wildman–Crippen MR) is 133 cm³/mol. The Labute approximate surface area is 200 Å². The van der Waals surface area contributed by atoms with Gasteiger partial charge in [-0.25, -0.2) is 0 Å². The highest BCUT2D eigenvalue weighted by molar-refractivity contribution is 6.32. The second kappa shape index (κ2) is 8.98. The van der Waals surface area contributed by atoms with E-state index in [1.807, 2.05) is 12.1 Å². The van der Waals surface area contributed by atoms with Crippen LogP contribution in [0.2, 0.25) is 5.02 Å². The molecule has 0 atom stereocenters. The smallest absolute Gasteiger partial charge is 0.243 e. The Hall–Kier alpha value is -2.60. The molecule has 176 valence electrons. The number of nitrogens with one attached hydrogen (secondary N) is 3. The molecule has 0 radical (unpaired) electrons. The van der Waals surface area contributed by atoms with Gasteiger partial charge in [0.1, 0.15) is 11.5 Å². The summed E-state index contributed by atoms with van der Waals surface area (Å²) in [5, 5.41) is 10.6. The third-order valence-corrected chi connectivity index (χ3v) is 7.85. The second-order valence-electron chi connectivity index (χ2n) is 9.96. The minimum atomic E-state index is -0.178. The Bertz CT molecular complexity index is 1010. The molecule has 4 saturated carbocycles. The molecule has 6 rings (SSSR count). The van der Waals surface area contributed by atoms with E-state index in [4.69, 9.17) is 21.1 Å². The van der Waals surface area contributed by atoms with Crippen molar-refractivity contribution in [3.63, 3.8) is 0 Å². The van der Waals surface area contributed by atoms with Crippen LogP contribution in [0.4, 0.5) is 17.1 Å². The van der Waals surface area contributed by atoms with E-state index in [0.717, 1.165) is 29.1 Å². The minimum Gasteiger partial charge on any atom is -0.495 e. The molecule has 0 aromatic heterocycles. The van der Waals surface area contributed by atoms with E-state index in [-0.39, 0.29) is 18.0 Å². The van der Waals surface area contributed by atoms with Crippen LogP contribution in [-0.4, -0.2) is 32.2 Å².